The molecule has 0 aliphatic heterocycles. The summed E-state index contributed by atoms with van der Waals surface area (Å²) in [5.74, 6) is -0.852. The van der Waals surface area contributed by atoms with Gasteiger partial charge in [-0.2, -0.15) is 5.11 Å². The number of aliphatic carboxylic acids is 1. The number of hydrogen-bond donors (Lipinski definition) is 3. The largest absolute Gasteiger partial charge is 0.481 e. The molecule has 22 heavy (non-hydrogen) atoms. The summed E-state index contributed by atoms with van der Waals surface area (Å²) in [4.78, 5) is 10.4. The Morgan fingerprint density at radius 1 is 1.45 bits per heavy atom. The van der Waals surface area contributed by atoms with E-state index in [9.17, 15) is 4.79 Å². The van der Waals surface area contributed by atoms with Gasteiger partial charge in [-0.05, 0) is 31.9 Å². The summed E-state index contributed by atoms with van der Waals surface area (Å²) < 4.78 is 5.29. The molecule has 0 saturated carbocycles. The van der Waals surface area contributed by atoms with Crippen molar-refractivity contribution in [2.45, 2.75) is 32.7 Å². The highest BCUT2D eigenvalue weighted by atomic mass is 16.5. The molecule has 6 heteroatoms. The van der Waals surface area contributed by atoms with E-state index in [2.05, 4.69) is 19.0 Å². The molecule has 1 aromatic rings. The maximum atomic E-state index is 10.4. The van der Waals surface area contributed by atoms with Crippen LogP contribution in [0.1, 0.15) is 31.4 Å². The number of quaternary nitrogens is 1. The van der Waals surface area contributed by atoms with Crippen LogP contribution in [-0.2, 0) is 16.0 Å². The van der Waals surface area contributed by atoms with Gasteiger partial charge in [0.25, 0.3) is 0 Å². The Morgan fingerprint density at radius 2 is 2.23 bits per heavy atom. The van der Waals surface area contributed by atoms with Crippen molar-refractivity contribution in [3.8, 4) is 0 Å². The van der Waals surface area contributed by atoms with E-state index in [0.29, 0.717) is 24.8 Å². The van der Waals surface area contributed by atoms with Gasteiger partial charge in [0.05, 0.1) is 25.7 Å². The summed E-state index contributed by atoms with van der Waals surface area (Å²) in [7, 11) is 0. The minimum atomic E-state index is -0.852. The minimum absolute atomic E-state index is 0.0235. The average molecular weight is 306 g/mol. The predicted octanol–water partition coefficient (Wildman–Crippen LogP) is 2.02. The Hall–Kier alpha value is -2.05. The van der Waals surface area contributed by atoms with Crippen LogP contribution < -0.4 is 5.32 Å². The number of ether oxygens (including phenoxy) is 1. The molecule has 1 aromatic carbocycles. The molecule has 0 radical (unpaired) electrons. The molecule has 4 N–H and O–H groups in total. The van der Waals surface area contributed by atoms with Crippen LogP contribution >= 0.6 is 0 Å². The summed E-state index contributed by atoms with van der Waals surface area (Å²) >= 11 is 0. The number of hydrogen-bond acceptors (Lipinski definition) is 4. The van der Waals surface area contributed by atoms with Crippen molar-refractivity contribution in [3.05, 3.63) is 41.6 Å². The van der Waals surface area contributed by atoms with Gasteiger partial charge in [-0.1, -0.05) is 18.2 Å². The third kappa shape index (κ3) is 7.10. The van der Waals surface area contributed by atoms with Gasteiger partial charge in [0.15, 0.2) is 0 Å². The highest BCUT2D eigenvalue weighted by molar-refractivity contribution is 5.66. The van der Waals surface area contributed by atoms with Crippen LogP contribution in [0.2, 0.25) is 0 Å². The molecule has 0 atom stereocenters. The molecule has 0 fully saturated rings. The van der Waals surface area contributed by atoms with E-state index in [0.717, 1.165) is 11.1 Å². The van der Waals surface area contributed by atoms with Gasteiger partial charge in [0.2, 0.25) is 0 Å². The normalized spacial score (nSPS) is 11.7. The van der Waals surface area contributed by atoms with Crippen LogP contribution in [0.15, 0.2) is 35.6 Å². The SMILES string of the molecule is CC(C)[NH2+]/C=C(\N=N)c1cccc(CCOCCC(=O)O)c1. The predicted molar refractivity (Wildman–Crippen MR) is 83.4 cm³/mol. The van der Waals surface area contributed by atoms with Gasteiger partial charge >= 0.3 is 5.97 Å². The smallest absolute Gasteiger partial charge is 0.305 e. The Kier molecular flexibility index (Phi) is 8.03. The van der Waals surface area contributed by atoms with E-state index in [1.165, 1.54) is 0 Å². The molecular weight excluding hydrogens is 282 g/mol. The maximum Gasteiger partial charge on any atom is 0.305 e. The van der Waals surface area contributed by atoms with Crippen LogP contribution in [0.3, 0.4) is 0 Å². The van der Waals surface area contributed by atoms with Crippen molar-refractivity contribution in [3.63, 3.8) is 0 Å². The van der Waals surface area contributed by atoms with Gasteiger partial charge in [-0.3, -0.25) is 4.79 Å². The molecule has 0 amide bonds. The minimum Gasteiger partial charge on any atom is -0.481 e. The second-order valence-electron chi connectivity index (χ2n) is 5.31. The third-order valence-electron chi connectivity index (χ3n) is 2.98. The number of nitrogens with one attached hydrogen (secondary N) is 1. The van der Waals surface area contributed by atoms with Gasteiger partial charge in [0.1, 0.15) is 11.9 Å². The van der Waals surface area contributed by atoms with E-state index >= 15 is 0 Å². The van der Waals surface area contributed by atoms with Crippen LogP contribution in [0.4, 0.5) is 0 Å². The molecule has 0 saturated heterocycles. The molecule has 120 valence electrons. The first kappa shape index (κ1) is 18.0. The molecule has 0 aliphatic rings. The second kappa shape index (κ2) is 9.81. The first-order chi connectivity index (χ1) is 10.5. The summed E-state index contributed by atoms with van der Waals surface area (Å²) in [5, 5.41) is 14.1. The Labute approximate surface area is 130 Å². The van der Waals surface area contributed by atoms with Gasteiger partial charge in [-0.25, -0.2) is 5.53 Å². The fourth-order valence-corrected chi connectivity index (χ4v) is 1.82. The Bertz CT molecular complexity index is 527. The molecule has 0 bridgehead atoms. The summed E-state index contributed by atoms with van der Waals surface area (Å²) in [6.07, 6.45) is 2.59. The second-order valence-corrected chi connectivity index (χ2v) is 5.31. The van der Waals surface area contributed by atoms with E-state index in [-0.39, 0.29) is 13.0 Å². The van der Waals surface area contributed by atoms with Crippen molar-refractivity contribution in [1.29, 1.82) is 5.53 Å². The van der Waals surface area contributed by atoms with Crippen molar-refractivity contribution in [1.82, 2.24) is 0 Å². The quantitative estimate of drug-likeness (QED) is 0.455. The van der Waals surface area contributed by atoms with Crippen molar-refractivity contribution < 1.29 is 20.0 Å². The summed E-state index contributed by atoms with van der Waals surface area (Å²) in [6.45, 7) is 4.85. The highest BCUT2D eigenvalue weighted by Crippen LogP contribution is 2.16. The number of nitrogens with zero attached hydrogens (tertiary/aromatic N) is 1. The van der Waals surface area contributed by atoms with Crippen LogP contribution in [0.25, 0.3) is 5.70 Å². The van der Waals surface area contributed by atoms with Crippen LogP contribution in [-0.4, -0.2) is 30.3 Å². The van der Waals surface area contributed by atoms with Crippen LogP contribution in [0.5, 0.6) is 0 Å². The number of carboxylic acids is 1. The zero-order valence-corrected chi connectivity index (χ0v) is 13.1. The van der Waals surface area contributed by atoms with E-state index in [1.54, 1.807) is 0 Å². The topological polar surface area (TPSA) is 99.4 Å². The van der Waals surface area contributed by atoms with E-state index < -0.39 is 5.97 Å². The molecule has 0 spiro atoms. The van der Waals surface area contributed by atoms with Crippen molar-refractivity contribution in [2.24, 2.45) is 5.11 Å². The zero-order valence-electron chi connectivity index (χ0n) is 13.1. The van der Waals surface area contributed by atoms with Crippen LogP contribution in [0, 0.1) is 5.53 Å². The molecular formula is C16H24N3O3+. The average Bonchev–Trinajstić information content (AvgIpc) is 2.47. The van der Waals surface area contributed by atoms with E-state index in [4.69, 9.17) is 15.4 Å². The molecule has 0 aromatic heterocycles. The fourth-order valence-electron chi connectivity index (χ4n) is 1.82. The number of carboxylic acid groups (broad SMARTS) is 1. The molecule has 0 unspecified atom stereocenters. The molecule has 1 rings (SSSR count). The Balaban J connectivity index is 2.59. The lowest BCUT2D eigenvalue weighted by Crippen LogP contribution is -2.82. The van der Waals surface area contributed by atoms with E-state index in [1.807, 2.05) is 35.8 Å². The van der Waals surface area contributed by atoms with Gasteiger partial charge in [-0.15, -0.1) is 0 Å². The lowest BCUT2D eigenvalue weighted by Gasteiger charge is -2.06. The first-order valence-corrected chi connectivity index (χ1v) is 7.34. The number of carbonyl (C=O) groups is 1. The summed E-state index contributed by atoms with van der Waals surface area (Å²) in [6, 6.07) is 8.22. The molecule has 0 aliphatic carbocycles. The third-order valence-corrected chi connectivity index (χ3v) is 2.98. The number of rotatable bonds is 10. The maximum absolute atomic E-state index is 10.4. The van der Waals surface area contributed by atoms with Gasteiger partial charge < -0.3 is 15.2 Å². The summed E-state index contributed by atoms with van der Waals surface area (Å²) in [5.41, 5.74) is 9.90. The molecule has 6 nitrogen and oxygen atoms in total. The highest BCUT2D eigenvalue weighted by Gasteiger charge is 2.05. The molecule has 0 heterocycles. The lowest BCUT2D eigenvalue weighted by molar-refractivity contribution is -0.618. The van der Waals surface area contributed by atoms with Gasteiger partial charge in [0, 0.05) is 5.56 Å². The fraction of sp³-hybridized carbons (Fsp3) is 0.438. The Morgan fingerprint density at radius 3 is 2.86 bits per heavy atom. The zero-order chi connectivity index (χ0) is 16.4. The monoisotopic (exact) mass is 306 g/mol. The number of benzene rings is 1. The number of nitrogens with two attached hydrogens (primary N) is 1. The lowest BCUT2D eigenvalue weighted by atomic mass is 10.1. The first-order valence-electron chi connectivity index (χ1n) is 7.34. The van der Waals surface area contributed by atoms with Crippen molar-refractivity contribution in [2.75, 3.05) is 13.2 Å². The van der Waals surface area contributed by atoms with Crippen molar-refractivity contribution >= 4 is 11.7 Å². The standard InChI is InChI=1S/C16H23N3O3/c1-12(2)18-11-15(19-17)14-5-3-4-13(10-14)6-8-22-9-7-16(20)21/h3-5,10-12,17-18H,6-9H2,1-2H3,(H,20,21)/p+1/b15-11-,19-17?.